The van der Waals surface area contributed by atoms with Gasteiger partial charge in [0.25, 0.3) is 0 Å². The minimum absolute atomic E-state index is 0.0649. The summed E-state index contributed by atoms with van der Waals surface area (Å²) >= 11 is 0. The van der Waals surface area contributed by atoms with Gasteiger partial charge in [-0.05, 0) is 11.6 Å². The Hall–Kier alpha value is -1.24. The normalized spacial score (nSPS) is 18.6. The highest BCUT2D eigenvalue weighted by Crippen LogP contribution is 2.41. The van der Waals surface area contributed by atoms with Crippen LogP contribution in [0.1, 0.15) is 17.0 Å². The zero-order chi connectivity index (χ0) is 12.4. The summed E-state index contributed by atoms with van der Waals surface area (Å²) in [5.41, 5.74) is 1.30. The molecule has 17 heavy (non-hydrogen) atoms. The van der Waals surface area contributed by atoms with Gasteiger partial charge >= 0.3 is 7.12 Å². The predicted molar refractivity (Wildman–Crippen MR) is 62.2 cm³/mol. The van der Waals surface area contributed by atoms with Crippen LogP contribution in [0.3, 0.4) is 0 Å². The summed E-state index contributed by atoms with van der Waals surface area (Å²) in [5, 5.41) is 28.2. The Morgan fingerprint density at radius 2 is 2.24 bits per heavy atom. The zero-order valence-corrected chi connectivity index (χ0v) is 9.59. The molecule has 0 saturated carbocycles. The number of methoxy groups -OCH3 is 1. The fourth-order valence-electron chi connectivity index (χ4n) is 2.16. The van der Waals surface area contributed by atoms with Crippen LogP contribution in [0.5, 0.6) is 11.5 Å². The molecule has 0 radical (unpaired) electrons. The van der Waals surface area contributed by atoms with Gasteiger partial charge in [-0.1, -0.05) is 6.07 Å². The maximum Gasteiger partial charge on any atom is 0.523 e. The number of aliphatic hydroxyl groups excluding tert-OH is 2. The van der Waals surface area contributed by atoms with Gasteiger partial charge in [0.1, 0.15) is 11.5 Å². The minimum Gasteiger partial charge on any atom is -0.536 e. The minimum atomic E-state index is -0.961. The van der Waals surface area contributed by atoms with Crippen LogP contribution < -0.4 is 9.39 Å². The van der Waals surface area contributed by atoms with Gasteiger partial charge in [0, 0.05) is 18.8 Å². The fourth-order valence-corrected chi connectivity index (χ4v) is 2.16. The summed E-state index contributed by atoms with van der Waals surface area (Å²) < 4.78 is 10.5. The van der Waals surface area contributed by atoms with Gasteiger partial charge in [-0.3, -0.25) is 0 Å². The molecule has 0 amide bonds. The zero-order valence-electron chi connectivity index (χ0n) is 9.59. The molecule has 1 heterocycles. The van der Waals surface area contributed by atoms with E-state index in [0.29, 0.717) is 23.4 Å². The lowest BCUT2D eigenvalue weighted by molar-refractivity contribution is 0.248. The molecular weight excluding hydrogens is 223 g/mol. The molecular formula is C11H15BO5. The number of ether oxygens (including phenoxy) is 1. The van der Waals surface area contributed by atoms with E-state index in [9.17, 15) is 15.2 Å². The molecule has 0 aromatic heterocycles. The Morgan fingerprint density at radius 1 is 1.47 bits per heavy atom. The highest BCUT2D eigenvalue weighted by atomic mass is 16.5. The number of hydrogen-bond donors (Lipinski definition) is 3. The van der Waals surface area contributed by atoms with Crippen LogP contribution in [0.25, 0.3) is 0 Å². The van der Waals surface area contributed by atoms with Crippen molar-refractivity contribution in [2.75, 3.05) is 13.7 Å². The van der Waals surface area contributed by atoms with E-state index in [2.05, 4.69) is 0 Å². The Morgan fingerprint density at radius 3 is 2.82 bits per heavy atom. The van der Waals surface area contributed by atoms with Crippen LogP contribution >= 0.6 is 0 Å². The Balaban J connectivity index is 2.52. The van der Waals surface area contributed by atoms with E-state index in [1.165, 1.54) is 7.11 Å². The highest BCUT2D eigenvalue weighted by molar-refractivity contribution is 6.44. The van der Waals surface area contributed by atoms with Gasteiger partial charge in [-0.15, -0.1) is 0 Å². The molecule has 92 valence electrons. The largest absolute Gasteiger partial charge is 0.536 e. The van der Waals surface area contributed by atoms with E-state index in [1.807, 2.05) is 0 Å². The van der Waals surface area contributed by atoms with Crippen molar-refractivity contribution in [3.63, 3.8) is 0 Å². The second kappa shape index (κ2) is 4.95. The number of aliphatic hydroxyl groups is 2. The van der Waals surface area contributed by atoms with E-state index in [1.54, 1.807) is 12.1 Å². The van der Waals surface area contributed by atoms with Crippen LogP contribution in [0.4, 0.5) is 0 Å². The first-order valence-electron chi connectivity index (χ1n) is 5.47. The quantitative estimate of drug-likeness (QED) is 0.652. The van der Waals surface area contributed by atoms with Crippen LogP contribution in [0.2, 0.25) is 6.32 Å². The molecule has 2 rings (SSSR count). The fraction of sp³-hybridized carbons (Fsp3) is 0.455. The number of fused-ring (bicyclic) bond motifs is 1. The van der Waals surface area contributed by atoms with Crippen molar-refractivity contribution in [2.45, 2.75) is 18.8 Å². The standard InChI is InChI=1S/C11H15BO5/c1-16-10-3-2-8-7(5-13)4-12(15)17-11(8)9(10)6-14/h2-3,7,13-15H,4-6H2,1H3. The van der Waals surface area contributed by atoms with Crippen molar-refractivity contribution < 1.29 is 24.6 Å². The maximum atomic E-state index is 9.59. The van der Waals surface area contributed by atoms with Crippen LogP contribution in [-0.2, 0) is 6.61 Å². The van der Waals surface area contributed by atoms with E-state index in [-0.39, 0.29) is 19.1 Å². The molecule has 1 aliphatic heterocycles. The molecule has 1 unspecified atom stereocenters. The molecule has 0 fully saturated rings. The smallest absolute Gasteiger partial charge is 0.523 e. The Kier molecular flexibility index (Phi) is 3.56. The number of hydrogen-bond acceptors (Lipinski definition) is 5. The summed E-state index contributed by atoms with van der Waals surface area (Å²) in [5.74, 6) is 0.756. The molecule has 6 heteroatoms. The SMILES string of the molecule is COc1ccc2c(c1CO)OB(O)CC2CO. The summed E-state index contributed by atoms with van der Waals surface area (Å²) in [7, 11) is 0.543. The molecule has 0 spiro atoms. The topological polar surface area (TPSA) is 79.2 Å². The summed E-state index contributed by atoms with van der Waals surface area (Å²) in [4.78, 5) is 0. The van der Waals surface area contributed by atoms with Crippen molar-refractivity contribution in [1.82, 2.24) is 0 Å². The first-order chi connectivity index (χ1) is 8.21. The second-order valence-corrected chi connectivity index (χ2v) is 4.01. The number of benzene rings is 1. The summed E-state index contributed by atoms with van der Waals surface area (Å²) in [6.07, 6.45) is 0.348. The third kappa shape index (κ3) is 2.11. The van der Waals surface area contributed by atoms with Gasteiger partial charge in [-0.2, -0.15) is 0 Å². The summed E-state index contributed by atoms with van der Waals surface area (Å²) in [6.45, 7) is -0.304. The predicted octanol–water partition coefficient (Wildman–Crippen LogP) is 0.136. The van der Waals surface area contributed by atoms with Gasteiger partial charge < -0.3 is 24.6 Å². The Labute approximate surface area is 99.8 Å². The lowest BCUT2D eigenvalue weighted by atomic mass is 9.72. The number of rotatable bonds is 3. The molecule has 1 atom stereocenters. The van der Waals surface area contributed by atoms with Crippen molar-refractivity contribution >= 4 is 7.12 Å². The lowest BCUT2D eigenvalue weighted by Gasteiger charge is -2.28. The molecule has 1 aromatic rings. The third-order valence-electron chi connectivity index (χ3n) is 3.03. The van der Waals surface area contributed by atoms with Crippen molar-refractivity contribution in [1.29, 1.82) is 0 Å². The van der Waals surface area contributed by atoms with Gasteiger partial charge in [0.15, 0.2) is 0 Å². The average Bonchev–Trinajstić information content (AvgIpc) is 2.36. The van der Waals surface area contributed by atoms with Gasteiger partial charge in [0.05, 0.1) is 19.3 Å². The molecule has 0 saturated heterocycles. The van der Waals surface area contributed by atoms with Crippen LogP contribution in [0, 0.1) is 0 Å². The highest BCUT2D eigenvalue weighted by Gasteiger charge is 2.33. The van der Waals surface area contributed by atoms with Crippen molar-refractivity contribution in [2.24, 2.45) is 0 Å². The van der Waals surface area contributed by atoms with Gasteiger partial charge in [-0.25, -0.2) is 0 Å². The average molecular weight is 238 g/mol. The van der Waals surface area contributed by atoms with E-state index < -0.39 is 7.12 Å². The first-order valence-corrected chi connectivity index (χ1v) is 5.47. The summed E-state index contributed by atoms with van der Waals surface area (Å²) in [6, 6.07) is 3.52. The second-order valence-electron chi connectivity index (χ2n) is 4.01. The molecule has 0 bridgehead atoms. The van der Waals surface area contributed by atoms with E-state index >= 15 is 0 Å². The van der Waals surface area contributed by atoms with E-state index in [4.69, 9.17) is 9.39 Å². The molecule has 1 aliphatic rings. The van der Waals surface area contributed by atoms with Gasteiger partial charge in [0.2, 0.25) is 0 Å². The van der Waals surface area contributed by atoms with Crippen LogP contribution in [0.15, 0.2) is 12.1 Å². The monoisotopic (exact) mass is 238 g/mol. The van der Waals surface area contributed by atoms with Crippen molar-refractivity contribution in [3.05, 3.63) is 23.3 Å². The molecule has 0 aliphatic carbocycles. The molecule has 1 aromatic carbocycles. The van der Waals surface area contributed by atoms with Crippen LogP contribution in [-0.4, -0.2) is 36.1 Å². The third-order valence-corrected chi connectivity index (χ3v) is 3.03. The maximum absolute atomic E-state index is 9.59. The molecule has 5 nitrogen and oxygen atoms in total. The first kappa shape index (κ1) is 12.2. The Bertz CT molecular complexity index is 409. The van der Waals surface area contributed by atoms with Crippen molar-refractivity contribution in [3.8, 4) is 11.5 Å². The lowest BCUT2D eigenvalue weighted by Crippen LogP contribution is -2.31. The molecule has 3 N–H and O–H groups in total. The van der Waals surface area contributed by atoms with E-state index in [0.717, 1.165) is 5.56 Å².